The highest BCUT2D eigenvalue weighted by atomic mass is 32.1. The van der Waals surface area contributed by atoms with Crippen LogP contribution in [0.25, 0.3) is 0 Å². The van der Waals surface area contributed by atoms with Crippen LogP contribution in [0.5, 0.6) is 0 Å². The molecular weight excluding hydrogens is 178 g/mol. The summed E-state index contributed by atoms with van der Waals surface area (Å²) in [7, 11) is 0. The SMILES string of the molecule is NC(=S)Nc1nc(N)nc(N)n1. The Morgan fingerprint density at radius 2 is 1.67 bits per heavy atom. The van der Waals surface area contributed by atoms with Crippen molar-refractivity contribution < 1.29 is 0 Å². The molecule has 1 aromatic rings. The lowest BCUT2D eigenvalue weighted by atomic mass is 10.8. The highest BCUT2D eigenvalue weighted by Gasteiger charge is 2.00. The third-order valence-corrected chi connectivity index (χ3v) is 1.01. The van der Waals surface area contributed by atoms with E-state index < -0.39 is 0 Å². The molecule has 0 bridgehead atoms. The van der Waals surface area contributed by atoms with Crippen molar-refractivity contribution in [3.8, 4) is 0 Å². The number of nitrogens with one attached hydrogen (secondary N) is 1. The van der Waals surface area contributed by atoms with Gasteiger partial charge in [0.1, 0.15) is 0 Å². The Balaban J connectivity index is 2.93. The van der Waals surface area contributed by atoms with Gasteiger partial charge in [-0.2, -0.15) is 15.0 Å². The second-order valence-electron chi connectivity index (χ2n) is 1.86. The van der Waals surface area contributed by atoms with Crippen LogP contribution in [0.4, 0.5) is 17.8 Å². The van der Waals surface area contributed by atoms with Gasteiger partial charge in [0.2, 0.25) is 17.8 Å². The molecule has 0 saturated carbocycles. The lowest BCUT2D eigenvalue weighted by Crippen LogP contribution is -2.21. The normalized spacial score (nSPS) is 9.33. The fourth-order valence-corrected chi connectivity index (χ4v) is 0.667. The molecule has 0 aliphatic carbocycles. The van der Waals surface area contributed by atoms with Crippen LogP contribution >= 0.6 is 12.2 Å². The third-order valence-electron chi connectivity index (χ3n) is 0.905. The predicted octanol–water partition coefficient (Wildman–Crippen LogP) is -1.31. The van der Waals surface area contributed by atoms with Gasteiger partial charge in [-0.3, -0.25) is 0 Å². The quantitative estimate of drug-likeness (QED) is 0.397. The minimum absolute atomic E-state index is 0.0150. The molecule has 0 unspecified atom stereocenters. The van der Waals surface area contributed by atoms with Gasteiger partial charge in [-0.15, -0.1) is 0 Å². The topological polar surface area (TPSA) is 129 Å². The number of rotatable bonds is 1. The van der Waals surface area contributed by atoms with E-state index in [2.05, 4.69) is 32.5 Å². The van der Waals surface area contributed by atoms with Crippen LogP contribution < -0.4 is 22.5 Å². The van der Waals surface area contributed by atoms with Crippen LogP contribution in [0.15, 0.2) is 0 Å². The molecule has 0 aliphatic heterocycles. The zero-order valence-electron chi connectivity index (χ0n) is 5.98. The first-order chi connectivity index (χ1) is 5.58. The van der Waals surface area contributed by atoms with E-state index in [1.165, 1.54) is 0 Å². The van der Waals surface area contributed by atoms with Crippen LogP contribution in [0.1, 0.15) is 0 Å². The molecule has 8 heteroatoms. The van der Waals surface area contributed by atoms with Crippen molar-refractivity contribution in [2.75, 3.05) is 16.8 Å². The van der Waals surface area contributed by atoms with Gasteiger partial charge in [0, 0.05) is 0 Å². The molecule has 12 heavy (non-hydrogen) atoms. The zero-order chi connectivity index (χ0) is 9.14. The molecular formula is C4H7N7S. The Morgan fingerprint density at radius 3 is 2.08 bits per heavy atom. The number of hydrogen-bond acceptors (Lipinski definition) is 6. The lowest BCUT2D eigenvalue weighted by molar-refractivity contribution is 1.09. The molecule has 0 aromatic carbocycles. The summed E-state index contributed by atoms with van der Waals surface area (Å²) >= 11 is 4.55. The number of aromatic nitrogens is 3. The molecule has 7 nitrogen and oxygen atoms in total. The summed E-state index contributed by atoms with van der Waals surface area (Å²) in [5.41, 5.74) is 15.7. The molecule has 0 fully saturated rings. The van der Waals surface area contributed by atoms with Crippen molar-refractivity contribution in [3.05, 3.63) is 0 Å². The summed E-state index contributed by atoms with van der Waals surface area (Å²) in [5, 5.41) is 2.52. The standard InChI is InChI=1S/C4H7N7S/c5-1-8-2(6)10-4(9-1)11-3(7)12/h(H7,5,6,7,8,9,10,11,12). The van der Waals surface area contributed by atoms with Gasteiger partial charge in [-0.05, 0) is 12.2 Å². The van der Waals surface area contributed by atoms with Gasteiger partial charge in [0.05, 0.1) is 0 Å². The van der Waals surface area contributed by atoms with E-state index >= 15 is 0 Å². The second-order valence-corrected chi connectivity index (χ2v) is 2.30. The average Bonchev–Trinajstić information content (AvgIpc) is 1.81. The van der Waals surface area contributed by atoms with Crippen LogP contribution in [0.2, 0.25) is 0 Å². The summed E-state index contributed by atoms with van der Waals surface area (Å²) in [6.45, 7) is 0. The van der Waals surface area contributed by atoms with E-state index in [0.717, 1.165) is 0 Å². The van der Waals surface area contributed by atoms with Gasteiger partial charge in [0.25, 0.3) is 0 Å². The molecule has 0 radical (unpaired) electrons. The first-order valence-corrected chi connectivity index (χ1v) is 3.32. The van der Waals surface area contributed by atoms with Gasteiger partial charge in [0.15, 0.2) is 5.11 Å². The Hall–Kier alpha value is -1.70. The highest BCUT2D eigenvalue weighted by molar-refractivity contribution is 7.80. The Bertz CT molecular complexity index is 290. The van der Waals surface area contributed by atoms with Gasteiger partial charge in [-0.1, -0.05) is 0 Å². The molecule has 1 aromatic heterocycles. The number of thiocarbonyl (C=S) groups is 1. The van der Waals surface area contributed by atoms with E-state index in [9.17, 15) is 0 Å². The molecule has 64 valence electrons. The molecule has 0 amide bonds. The van der Waals surface area contributed by atoms with Crippen LogP contribution in [0.3, 0.4) is 0 Å². The number of nitrogen functional groups attached to an aromatic ring is 2. The number of hydrogen-bond donors (Lipinski definition) is 4. The molecule has 1 rings (SSSR count). The average molecular weight is 185 g/mol. The lowest BCUT2D eigenvalue weighted by Gasteiger charge is -2.01. The van der Waals surface area contributed by atoms with Crippen molar-refractivity contribution in [2.45, 2.75) is 0 Å². The highest BCUT2D eigenvalue weighted by Crippen LogP contribution is 2.02. The molecule has 0 aliphatic rings. The van der Waals surface area contributed by atoms with E-state index in [4.69, 9.17) is 17.2 Å². The maximum absolute atomic E-state index is 5.27. The first-order valence-electron chi connectivity index (χ1n) is 2.91. The maximum Gasteiger partial charge on any atom is 0.235 e. The van der Waals surface area contributed by atoms with Crippen molar-refractivity contribution in [3.63, 3.8) is 0 Å². The number of anilines is 3. The third kappa shape index (κ3) is 2.16. The summed E-state index contributed by atoms with van der Waals surface area (Å²) in [4.78, 5) is 10.9. The molecule has 0 atom stereocenters. The molecule has 1 heterocycles. The summed E-state index contributed by atoms with van der Waals surface area (Å²) in [5.74, 6) is 0.176. The van der Waals surface area contributed by atoms with Crippen LogP contribution in [0, 0.1) is 0 Å². The van der Waals surface area contributed by atoms with Crippen LogP contribution in [-0.4, -0.2) is 20.1 Å². The summed E-state index contributed by atoms with van der Waals surface area (Å²) in [6, 6.07) is 0. The molecule has 0 saturated heterocycles. The van der Waals surface area contributed by atoms with Crippen molar-refractivity contribution >= 4 is 35.2 Å². The molecule has 7 N–H and O–H groups in total. The first kappa shape index (κ1) is 8.40. The summed E-state index contributed by atoms with van der Waals surface area (Å²) < 4.78 is 0. The smallest absolute Gasteiger partial charge is 0.235 e. The minimum Gasteiger partial charge on any atom is -0.376 e. The van der Waals surface area contributed by atoms with Crippen LogP contribution in [-0.2, 0) is 0 Å². The van der Waals surface area contributed by atoms with E-state index in [0.29, 0.717) is 0 Å². The number of nitrogens with zero attached hydrogens (tertiary/aromatic N) is 3. The Morgan fingerprint density at radius 1 is 1.17 bits per heavy atom. The zero-order valence-corrected chi connectivity index (χ0v) is 6.80. The van der Waals surface area contributed by atoms with E-state index in [1.807, 2.05) is 0 Å². The predicted molar refractivity (Wildman–Crippen MR) is 49.1 cm³/mol. The largest absolute Gasteiger partial charge is 0.376 e. The monoisotopic (exact) mass is 185 g/mol. The summed E-state index contributed by atoms with van der Waals surface area (Å²) in [6.07, 6.45) is 0. The minimum atomic E-state index is 0.0150. The Labute approximate surface area is 73.4 Å². The van der Waals surface area contributed by atoms with Gasteiger partial charge in [-0.25, -0.2) is 0 Å². The second kappa shape index (κ2) is 3.13. The molecule has 0 spiro atoms. The van der Waals surface area contributed by atoms with Crippen molar-refractivity contribution in [2.24, 2.45) is 5.73 Å². The van der Waals surface area contributed by atoms with Gasteiger partial charge >= 0.3 is 0 Å². The maximum atomic E-state index is 5.27. The van der Waals surface area contributed by atoms with Crippen molar-refractivity contribution in [1.82, 2.24) is 15.0 Å². The van der Waals surface area contributed by atoms with E-state index in [-0.39, 0.29) is 23.0 Å². The van der Waals surface area contributed by atoms with E-state index in [1.54, 1.807) is 0 Å². The fraction of sp³-hybridized carbons (Fsp3) is 0. The van der Waals surface area contributed by atoms with Gasteiger partial charge < -0.3 is 22.5 Å². The number of nitrogens with two attached hydrogens (primary N) is 3. The Kier molecular flexibility index (Phi) is 2.19. The fourth-order valence-electron chi connectivity index (χ4n) is 0.575. The van der Waals surface area contributed by atoms with Crippen molar-refractivity contribution in [1.29, 1.82) is 0 Å².